The van der Waals surface area contributed by atoms with Gasteiger partial charge in [-0.05, 0) is 24.7 Å². The van der Waals surface area contributed by atoms with E-state index in [0.29, 0.717) is 17.1 Å². The summed E-state index contributed by atoms with van der Waals surface area (Å²) in [5.74, 6) is 2.28. The van der Waals surface area contributed by atoms with E-state index in [1.165, 1.54) is 12.8 Å². The van der Waals surface area contributed by atoms with E-state index in [2.05, 4.69) is 29.4 Å². The summed E-state index contributed by atoms with van der Waals surface area (Å²) in [5.41, 5.74) is 0. The summed E-state index contributed by atoms with van der Waals surface area (Å²) in [6.45, 7) is 4.62. The van der Waals surface area contributed by atoms with E-state index in [-0.39, 0.29) is 0 Å². The second-order valence-corrected chi connectivity index (χ2v) is 5.91. The lowest BCUT2D eigenvalue weighted by atomic mass is 9.98. The predicted molar refractivity (Wildman–Crippen MR) is 79.5 cm³/mol. The number of halogens is 1. The molecular formula is C15H18ClN3. The van der Waals surface area contributed by atoms with Gasteiger partial charge >= 0.3 is 0 Å². The van der Waals surface area contributed by atoms with E-state index in [0.717, 1.165) is 22.5 Å². The molecule has 2 aromatic rings. The highest BCUT2D eigenvalue weighted by molar-refractivity contribution is 6.34. The van der Waals surface area contributed by atoms with E-state index in [4.69, 9.17) is 11.6 Å². The zero-order valence-electron chi connectivity index (χ0n) is 11.2. The van der Waals surface area contributed by atoms with Gasteiger partial charge in [-0.2, -0.15) is 0 Å². The number of nitrogens with one attached hydrogen (secondary N) is 1. The summed E-state index contributed by atoms with van der Waals surface area (Å²) in [6.07, 6.45) is 2.47. The van der Waals surface area contributed by atoms with Crippen LogP contribution in [0.4, 0.5) is 5.82 Å². The Morgan fingerprint density at radius 3 is 2.53 bits per heavy atom. The third-order valence-corrected chi connectivity index (χ3v) is 4.71. The predicted octanol–water partition coefficient (Wildman–Crippen LogP) is 4.13. The van der Waals surface area contributed by atoms with Crippen LogP contribution < -0.4 is 5.32 Å². The lowest BCUT2D eigenvalue weighted by Crippen LogP contribution is -2.24. The van der Waals surface area contributed by atoms with Crippen LogP contribution in [0.25, 0.3) is 10.8 Å². The molecule has 1 aromatic heterocycles. The van der Waals surface area contributed by atoms with Gasteiger partial charge in [-0.15, -0.1) is 10.2 Å². The second kappa shape index (κ2) is 4.97. The zero-order chi connectivity index (χ0) is 13.4. The smallest absolute Gasteiger partial charge is 0.159 e. The second-order valence-electron chi connectivity index (χ2n) is 5.55. The molecule has 1 aliphatic carbocycles. The minimum absolute atomic E-state index is 0.467. The normalized spacial score (nSPS) is 26.8. The number of benzene rings is 1. The molecule has 1 aliphatic rings. The van der Waals surface area contributed by atoms with Crippen molar-refractivity contribution in [3.63, 3.8) is 0 Å². The van der Waals surface area contributed by atoms with Gasteiger partial charge < -0.3 is 5.32 Å². The summed E-state index contributed by atoms with van der Waals surface area (Å²) in [4.78, 5) is 0. The fraction of sp³-hybridized carbons (Fsp3) is 0.467. The van der Waals surface area contributed by atoms with E-state index < -0.39 is 0 Å². The van der Waals surface area contributed by atoms with Crippen molar-refractivity contribution >= 4 is 28.2 Å². The van der Waals surface area contributed by atoms with Gasteiger partial charge in [0.25, 0.3) is 0 Å². The Kier molecular flexibility index (Phi) is 3.31. The molecule has 4 heteroatoms. The summed E-state index contributed by atoms with van der Waals surface area (Å²) in [7, 11) is 0. The molecule has 100 valence electrons. The maximum absolute atomic E-state index is 6.10. The molecule has 0 bridgehead atoms. The number of hydrogen-bond donors (Lipinski definition) is 1. The van der Waals surface area contributed by atoms with Crippen molar-refractivity contribution in [3.8, 4) is 0 Å². The van der Waals surface area contributed by atoms with Gasteiger partial charge in [-0.1, -0.05) is 49.7 Å². The first-order valence-electron chi connectivity index (χ1n) is 6.84. The van der Waals surface area contributed by atoms with E-state index >= 15 is 0 Å². The van der Waals surface area contributed by atoms with Gasteiger partial charge in [0, 0.05) is 16.8 Å². The van der Waals surface area contributed by atoms with Crippen molar-refractivity contribution in [2.75, 3.05) is 5.32 Å². The molecule has 3 unspecified atom stereocenters. The molecule has 1 fully saturated rings. The van der Waals surface area contributed by atoms with E-state index in [1.54, 1.807) is 0 Å². The largest absolute Gasteiger partial charge is 0.365 e. The highest BCUT2D eigenvalue weighted by Gasteiger charge is 2.30. The summed E-state index contributed by atoms with van der Waals surface area (Å²) in [6, 6.07) is 8.49. The molecule has 0 aliphatic heterocycles. The zero-order valence-corrected chi connectivity index (χ0v) is 12.0. The molecule has 0 saturated heterocycles. The van der Waals surface area contributed by atoms with Gasteiger partial charge in [0.05, 0.1) is 0 Å². The quantitative estimate of drug-likeness (QED) is 0.895. The van der Waals surface area contributed by atoms with Crippen molar-refractivity contribution in [2.24, 2.45) is 11.8 Å². The highest BCUT2D eigenvalue weighted by Crippen LogP contribution is 2.34. The Morgan fingerprint density at radius 1 is 1.11 bits per heavy atom. The average Bonchev–Trinajstić information content (AvgIpc) is 2.74. The monoisotopic (exact) mass is 275 g/mol. The molecular weight excluding hydrogens is 258 g/mol. The SMILES string of the molecule is CC1CCC(Nc2nnc(Cl)c3ccccc23)C1C. The molecule has 3 atom stereocenters. The van der Waals surface area contributed by atoms with Crippen LogP contribution >= 0.6 is 11.6 Å². The maximum Gasteiger partial charge on any atom is 0.159 e. The molecule has 3 nitrogen and oxygen atoms in total. The molecule has 0 spiro atoms. The van der Waals surface area contributed by atoms with Gasteiger partial charge in [0.15, 0.2) is 11.0 Å². The minimum atomic E-state index is 0.467. The van der Waals surface area contributed by atoms with Gasteiger partial charge in [0.2, 0.25) is 0 Å². The molecule has 1 N–H and O–H groups in total. The number of fused-ring (bicyclic) bond motifs is 1. The van der Waals surface area contributed by atoms with Crippen molar-refractivity contribution < 1.29 is 0 Å². The van der Waals surface area contributed by atoms with Crippen LogP contribution in [-0.4, -0.2) is 16.2 Å². The Balaban J connectivity index is 1.96. The van der Waals surface area contributed by atoms with Crippen LogP contribution in [0.1, 0.15) is 26.7 Å². The minimum Gasteiger partial charge on any atom is -0.365 e. The van der Waals surface area contributed by atoms with Crippen LogP contribution in [-0.2, 0) is 0 Å². The number of anilines is 1. The van der Waals surface area contributed by atoms with Crippen LogP contribution in [0, 0.1) is 11.8 Å². The molecule has 1 heterocycles. The topological polar surface area (TPSA) is 37.8 Å². The molecule has 3 rings (SSSR count). The van der Waals surface area contributed by atoms with Crippen molar-refractivity contribution in [3.05, 3.63) is 29.4 Å². The Labute approximate surface area is 118 Å². The number of hydrogen-bond acceptors (Lipinski definition) is 3. The first kappa shape index (κ1) is 12.7. The third kappa shape index (κ3) is 2.27. The van der Waals surface area contributed by atoms with Crippen LogP contribution in [0.3, 0.4) is 0 Å². The lowest BCUT2D eigenvalue weighted by molar-refractivity contribution is 0.435. The van der Waals surface area contributed by atoms with Crippen molar-refractivity contribution in [2.45, 2.75) is 32.7 Å². The first-order chi connectivity index (χ1) is 9.16. The van der Waals surface area contributed by atoms with E-state index in [1.807, 2.05) is 24.3 Å². The first-order valence-corrected chi connectivity index (χ1v) is 7.22. The number of aromatic nitrogens is 2. The summed E-state index contributed by atoms with van der Waals surface area (Å²) < 4.78 is 0. The fourth-order valence-electron chi connectivity index (χ4n) is 2.92. The average molecular weight is 276 g/mol. The fourth-order valence-corrected chi connectivity index (χ4v) is 3.12. The van der Waals surface area contributed by atoms with Crippen molar-refractivity contribution in [1.82, 2.24) is 10.2 Å². The van der Waals surface area contributed by atoms with Gasteiger partial charge in [-0.25, -0.2) is 0 Å². The van der Waals surface area contributed by atoms with Crippen LogP contribution in [0.2, 0.25) is 5.15 Å². The van der Waals surface area contributed by atoms with Gasteiger partial charge in [0.1, 0.15) is 0 Å². The Bertz CT molecular complexity index is 599. The third-order valence-electron chi connectivity index (χ3n) is 4.43. The maximum atomic E-state index is 6.10. The number of nitrogens with zero attached hydrogens (tertiary/aromatic N) is 2. The Morgan fingerprint density at radius 2 is 1.84 bits per heavy atom. The number of rotatable bonds is 2. The summed E-state index contributed by atoms with van der Waals surface area (Å²) in [5, 5.41) is 14.3. The van der Waals surface area contributed by atoms with Gasteiger partial charge in [-0.3, -0.25) is 0 Å². The lowest BCUT2D eigenvalue weighted by Gasteiger charge is -2.20. The summed E-state index contributed by atoms with van der Waals surface area (Å²) >= 11 is 6.10. The molecule has 0 radical (unpaired) electrons. The standard InChI is InChI=1S/C15H18ClN3/c1-9-7-8-13(10(9)2)17-15-12-6-4-3-5-11(12)14(16)18-19-15/h3-6,9-10,13H,7-8H2,1-2H3,(H,17,19). The van der Waals surface area contributed by atoms with Crippen LogP contribution in [0.15, 0.2) is 24.3 Å². The molecule has 1 saturated carbocycles. The highest BCUT2D eigenvalue weighted by atomic mass is 35.5. The van der Waals surface area contributed by atoms with Crippen LogP contribution in [0.5, 0.6) is 0 Å². The molecule has 1 aromatic carbocycles. The molecule has 0 amide bonds. The van der Waals surface area contributed by atoms with E-state index in [9.17, 15) is 0 Å². The molecule has 19 heavy (non-hydrogen) atoms. The van der Waals surface area contributed by atoms with Crippen molar-refractivity contribution in [1.29, 1.82) is 0 Å². The Hall–Kier alpha value is -1.35.